The van der Waals surface area contributed by atoms with Gasteiger partial charge in [0.1, 0.15) is 5.76 Å². The van der Waals surface area contributed by atoms with E-state index >= 15 is 0 Å². The fourth-order valence-corrected chi connectivity index (χ4v) is 6.73. The molecule has 1 aliphatic rings. The zero-order valence-electron chi connectivity index (χ0n) is 17.8. The third-order valence-corrected chi connectivity index (χ3v) is 8.68. The number of hydrogen-bond acceptors (Lipinski definition) is 7. The standard InChI is InChI=1S/C22H21N3O6S2/c1-12-21(13(2)31-24-12)15-8-18-17-6-3-14(10-32(27)28)7-20(17)25(33(29,30)16-4-5-16)22(18)19(9-15)23-11-26/h3,6-9,11,16H,4-5,10H2,1-2H3,(H,23,26)(H,27,28)/p-1. The molecule has 1 fully saturated rings. The smallest absolute Gasteiger partial charge is 0.242 e. The summed E-state index contributed by atoms with van der Waals surface area (Å²) in [5.74, 6) is 0.364. The average molecular weight is 487 g/mol. The van der Waals surface area contributed by atoms with E-state index in [1.807, 2.05) is 6.07 Å². The quantitative estimate of drug-likeness (QED) is 0.313. The third kappa shape index (κ3) is 3.56. The fraction of sp³-hybridized carbons (Fsp3) is 0.273. The molecule has 0 spiro atoms. The summed E-state index contributed by atoms with van der Waals surface area (Å²) in [6.07, 6.45) is 1.62. The van der Waals surface area contributed by atoms with Gasteiger partial charge in [-0.25, -0.2) is 12.4 Å². The fourth-order valence-electron chi connectivity index (χ4n) is 4.37. The predicted octanol–water partition coefficient (Wildman–Crippen LogP) is 3.35. The lowest BCUT2D eigenvalue weighted by molar-refractivity contribution is -0.105. The molecule has 1 aliphatic carbocycles. The van der Waals surface area contributed by atoms with Crippen molar-refractivity contribution in [2.75, 3.05) is 5.32 Å². The van der Waals surface area contributed by atoms with Crippen molar-refractivity contribution in [1.82, 2.24) is 9.13 Å². The third-order valence-electron chi connectivity index (χ3n) is 5.91. The zero-order chi connectivity index (χ0) is 23.5. The number of nitrogens with zero attached hydrogens (tertiary/aromatic N) is 2. The van der Waals surface area contributed by atoms with E-state index in [0.717, 1.165) is 11.1 Å². The molecule has 1 saturated carbocycles. The topological polar surface area (TPSA) is 134 Å². The highest BCUT2D eigenvalue weighted by molar-refractivity contribution is 7.91. The van der Waals surface area contributed by atoms with Crippen LogP contribution in [0.5, 0.6) is 0 Å². The average Bonchev–Trinajstić information content (AvgIpc) is 3.49. The normalized spacial score (nSPS) is 15.2. The van der Waals surface area contributed by atoms with Gasteiger partial charge in [-0.15, -0.1) is 0 Å². The van der Waals surface area contributed by atoms with Crippen LogP contribution in [-0.4, -0.2) is 38.0 Å². The summed E-state index contributed by atoms with van der Waals surface area (Å²) in [5, 5.41) is 7.40. The molecular weight excluding hydrogens is 466 g/mol. The van der Waals surface area contributed by atoms with Gasteiger partial charge in [-0.05, 0) is 56.0 Å². The molecule has 1 unspecified atom stereocenters. The molecule has 2 heterocycles. The summed E-state index contributed by atoms with van der Waals surface area (Å²) in [6, 6.07) is 8.53. The van der Waals surface area contributed by atoms with Crippen molar-refractivity contribution in [3.63, 3.8) is 0 Å². The van der Waals surface area contributed by atoms with Crippen molar-refractivity contribution < 1.29 is 26.5 Å². The second-order valence-corrected chi connectivity index (χ2v) is 11.1. The lowest BCUT2D eigenvalue weighted by Gasteiger charge is -2.13. The van der Waals surface area contributed by atoms with E-state index in [4.69, 9.17) is 4.52 Å². The molecule has 11 heteroatoms. The molecule has 9 nitrogen and oxygen atoms in total. The van der Waals surface area contributed by atoms with Gasteiger partial charge in [0.25, 0.3) is 0 Å². The summed E-state index contributed by atoms with van der Waals surface area (Å²) < 4.78 is 56.1. The Balaban J connectivity index is 1.92. The van der Waals surface area contributed by atoms with E-state index in [1.54, 1.807) is 38.1 Å². The highest BCUT2D eigenvalue weighted by Crippen LogP contribution is 2.42. The van der Waals surface area contributed by atoms with Crippen LogP contribution in [0.4, 0.5) is 5.69 Å². The Bertz CT molecular complexity index is 1540. The first-order valence-corrected chi connectivity index (χ1v) is 13.0. The minimum absolute atomic E-state index is 0.231. The van der Waals surface area contributed by atoms with Gasteiger partial charge in [-0.3, -0.25) is 9.00 Å². The molecule has 0 saturated heterocycles. The number of anilines is 1. The van der Waals surface area contributed by atoms with Crippen molar-refractivity contribution in [1.29, 1.82) is 0 Å². The molecule has 172 valence electrons. The van der Waals surface area contributed by atoms with Crippen LogP contribution < -0.4 is 5.32 Å². The van der Waals surface area contributed by atoms with Crippen molar-refractivity contribution in [3.8, 4) is 11.1 Å². The Labute approximate surface area is 192 Å². The second-order valence-electron chi connectivity index (χ2n) is 8.19. The van der Waals surface area contributed by atoms with E-state index in [1.165, 1.54) is 3.97 Å². The first-order valence-electron chi connectivity index (χ1n) is 10.3. The van der Waals surface area contributed by atoms with Gasteiger partial charge in [0.15, 0.2) is 0 Å². The maximum Gasteiger partial charge on any atom is 0.242 e. The van der Waals surface area contributed by atoms with Crippen LogP contribution in [0.15, 0.2) is 34.9 Å². The number of aryl methyl sites for hydroxylation is 2. The molecule has 1 N–H and O–H groups in total. The number of hydrogen-bond donors (Lipinski definition) is 1. The second kappa shape index (κ2) is 7.79. The van der Waals surface area contributed by atoms with E-state index in [-0.39, 0.29) is 5.75 Å². The minimum Gasteiger partial charge on any atom is -0.772 e. The van der Waals surface area contributed by atoms with E-state index < -0.39 is 26.4 Å². The molecule has 0 radical (unpaired) electrons. The number of benzene rings is 2. The van der Waals surface area contributed by atoms with Crippen LogP contribution in [0.25, 0.3) is 32.9 Å². The van der Waals surface area contributed by atoms with E-state index in [2.05, 4.69) is 10.5 Å². The van der Waals surface area contributed by atoms with Gasteiger partial charge in [0.05, 0.1) is 27.7 Å². The largest absolute Gasteiger partial charge is 0.772 e. The Morgan fingerprint density at radius 3 is 2.61 bits per heavy atom. The number of rotatable bonds is 7. The molecule has 5 rings (SSSR count). The van der Waals surface area contributed by atoms with Gasteiger partial charge in [0, 0.05) is 22.1 Å². The first-order chi connectivity index (χ1) is 15.7. The van der Waals surface area contributed by atoms with Crippen molar-refractivity contribution in [3.05, 3.63) is 47.3 Å². The van der Waals surface area contributed by atoms with Crippen molar-refractivity contribution in [2.45, 2.75) is 37.7 Å². The molecule has 1 amide bonds. The van der Waals surface area contributed by atoms with Crippen LogP contribution in [-0.2, 0) is 31.7 Å². The molecule has 33 heavy (non-hydrogen) atoms. The molecule has 4 aromatic rings. The maximum atomic E-state index is 13.5. The van der Waals surface area contributed by atoms with Gasteiger partial charge < -0.3 is 14.4 Å². The number of nitrogens with one attached hydrogen (secondary N) is 1. The first kappa shape index (κ1) is 21.8. The summed E-state index contributed by atoms with van der Waals surface area (Å²) >= 11 is -2.32. The van der Waals surface area contributed by atoms with Crippen LogP contribution in [0, 0.1) is 13.8 Å². The molecule has 1 atom stereocenters. The van der Waals surface area contributed by atoms with Crippen molar-refractivity contribution >= 4 is 55.0 Å². The number of fused-ring (bicyclic) bond motifs is 3. The lowest BCUT2D eigenvalue weighted by Crippen LogP contribution is -2.18. The number of carbonyl (C=O) groups excluding carboxylic acids is 1. The van der Waals surface area contributed by atoms with Gasteiger partial charge >= 0.3 is 0 Å². The maximum absolute atomic E-state index is 13.5. The molecule has 2 aromatic heterocycles. The predicted molar refractivity (Wildman–Crippen MR) is 124 cm³/mol. The van der Waals surface area contributed by atoms with Crippen LogP contribution in [0.1, 0.15) is 29.9 Å². The SMILES string of the molecule is Cc1noc(C)c1-c1cc(NC=O)c2c(c1)c1ccc(CS(=O)[O-])cc1n2S(=O)(=O)C1CC1. The Hall–Kier alpha value is -3.02. The van der Waals surface area contributed by atoms with Gasteiger partial charge in [-0.1, -0.05) is 28.4 Å². The molecule has 0 bridgehead atoms. The summed E-state index contributed by atoms with van der Waals surface area (Å²) in [6.45, 7) is 3.58. The Morgan fingerprint density at radius 2 is 2.00 bits per heavy atom. The van der Waals surface area contributed by atoms with Crippen molar-refractivity contribution in [2.24, 2.45) is 0 Å². The summed E-state index contributed by atoms with van der Waals surface area (Å²) in [5.41, 5.74) is 3.67. The molecule has 0 aliphatic heterocycles. The number of carbonyl (C=O) groups is 1. The Morgan fingerprint density at radius 1 is 1.24 bits per heavy atom. The highest BCUT2D eigenvalue weighted by atomic mass is 32.2. The van der Waals surface area contributed by atoms with E-state index in [9.17, 15) is 22.0 Å². The van der Waals surface area contributed by atoms with Gasteiger partial charge in [0.2, 0.25) is 16.4 Å². The number of amides is 1. The lowest BCUT2D eigenvalue weighted by atomic mass is 10.00. The highest BCUT2D eigenvalue weighted by Gasteiger charge is 2.39. The summed E-state index contributed by atoms with van der Waals surface area (Å²) in [4.78, 5) is 11.5. The zero-order valence-corrected chi connectivity index (χ0v) is 19.5. The van der Waals surface area contributed by atoms with E-state index in [0.29, 0.717) is 63.8 Å². The number of aromatic nitrogens is 2. The van der Waals surface area contributed by atoms with Crippen LogP contribution in [0.2, 0.25) is 0 Å². The monoisotopic (exact) mass is 486 g/mol. The summed E-state index contributed by atoms with van der Waals surface area (Å²) in [7, 11) is -3.77. The van der Waals surface area contributed by atoms with Crippen LogP contribution in [0.3, 0.4) is 0 Å². The Kier molecular flexibility index (Phi) is 5.15. The molecular formula is C22H20N3O6S2-. The van der Waals surface area contributed by atoms with Gasteiger partial charge in [-0.2, -0.15) is 0 Å². The minimum atomic E-state index is -3.77. The van der Waals surface area contributed by atoms with Crippen LogP contribution >= 0.6 is 0 Å². The molecule has 2 aromatic carbocycles.